The first-order valence-corrected chi connectivity index (χ1v) is 11.4. The number of anilines is 1. The molecule has 3 aromatic rings. The maximum Gasteiger partial charge on any atom is 0.264 e. The molecule has 1 heterocycles. The van der Waals surface area contributed by atoms with Crippen LogP contribution in [-0.2, 0) is 15.4 Å². The van der Waals surface area contributed by atoms with Gasteiger partial charge in [-0.2, -0.15) is 0 Å². The molecule has 4 heteroatoms. The van der Waals surface area contributed by atoms with Crippen LogP contribution in [0.4, 0.5) is 5.69 Å². The minimum absolute atomic E-state index is 0.281. The molecule has 0 amide bonds. The summed E-state index contributed by atoms with van der Waals surface area (Å²) < 4.78 is 29.0. The van der Waals surface area contributed by atoms with Gasteiger partial charge in [0.25, 0.3) is 10.0 Å². The molecule has 0 saturated carbocycles. The molecule has 4 rings (SSSR count). The Balaban J connectivity index is 1.95. The molecule has 150 valence electrons. The van der Waals surface area contributed by atoms with Crippen LogP contribution in [0.2, 0.25) is 0 Å². The molecule has 0 radical (unpaired) electrons. The van der Waals surface area contributed by atoms with E-state index < -0.39 is 15.6 Å². The Bertz CT molecular complexity index is 1130. The Labute approximate surface area is 174 Å². The first-order valence-electron chi connectivity index (χ1n) is 9.93. The molecule has 0 spiro atoms. The van der Waals surface area contributed by atoms with E-state index in [-0.39, 0.29) is 5.41 Å². The van der Waals surface area contributed by atoms with Gasteiger partial charge < -0.3 is 0 Å². The lowest BCUT2D eigenvalue weighted by Crippen LogP contribution is -2.55. The van der Waals surface area contributed by atoms with Gasteiger partial charge >= 0.3 is 0 Å². The van der Waals surface area contributed by atoms with Gasteiger partial charge in [-0.05, 0) is 56.5 Å². The van der Waals surface area contributed by atoms with Crippen molar-refractivity contribution in [1.82, 2.24) is 0 Å². The smallest absolute Gasteiger partial charge is 0.260 e. The average Bonchev–Trinajstić information content (AvgIpc) is 2.68. The van der Waals surface area contributed by atoms with Gasteiger partial charge in [0.05, 0.1) is 16.1 Å². The quantitative estimate of drug-likeness (QED) is 0.562. The average molecular weight is 406 g/mol. The van der Waals surface area contributed by atoms with Crippen LogP contribution < -0.4 is 4.31 Å². The van der Waals surface area contributed by atoms with Crippen molar-refractivity contribution in [3.05, 3.63) is 95.6 Å². The highest BCUT2D eigenvalue weighted by Gasteiger charge is 2.49. The van der Waals surface area contributed by atoms with E-state index in [0.717, 1.165) is 11.3 Å². The number of hydrogen-bond donors (Lipinski definition) is 0. The molecule has 29 heavy (non-hydrogen) atoms. The summed E-state index contributed by atoms with van der Waals surface area (Å²) in [7, 11) is -3.69. The summed E-state index contributed by atoms with van der Waals surface area (Å²) in [4.78, 5) is 0.321. The number of fused-ring (bicyclic) bond motifs is 1. The number of hydrogen-bond acceptors (Lipinski definition) is 2. The van der Waals surface area contributed by atoms with E-state index in [0.29, 0.717) is 11.3 Å². The first-order chi connectivity index (χ1) is 13.7. The Morgan fingerprint density at radius 1 is 0.793 bits per heavy atom. The normalized spacial score (nSPS) is 20.9. The molecule has 0 unspecified atom stereocenters. The highest BCUT2D eigenvalue weighted by Crippen LogP contribution is 2.51. The van der Waals surface area contributed by atoms with Gasteiger partial charge in [-0.25, -0.2) is 8.42 Å². The summed E-state index contributed by atoms with van der Waals surface area (Å²) in [6.07, 6.45) is 0.687. The van der Waals surface area contributed by atoms with Crippen molar-refractivity contribution >= 4 is 15.7 Å². The second-order valence-electron chi connectivity index (χ2n) is 8.79. The molecule has 3 nitrogen and oxygen atoms in total. The SMILES string of the molecule is Cc1ccc([C@@]2(C)CC(C)(C)N(S(=O)(=O)c3ccccc3)c3ccccc32)cc1. The molecule has 1 atom stereocenters. The van der Waals surface area contributed by atoms with Gasteiger partial charge in [0.2, 0.25) is 0 Å². The Hall–Kier alpha value is -2.59. The third kappa shape index (κ3) is 3.16. The van der Waals surface area contributed by atoms with Crippen LogP contribution >= 0.6 is 0 Å². The molecule has 0 bridgehead atoms. The van der Waals surface area contributed by atoms with E-state index in [4.69, 9.17) is 0 Å². The van der Waals surface area contributed by atoms with Crippen LogP contribution in [0, 0.1) is 6.92 Å². The lowest BCUT2D eigenvalue weighted by molar-refractivity contribution is 0.351. The van der Waals surface area contributed by atoms with Crippen LogP contribution in [0.3, 0.4) is 0 Å². The molecule has 0 N–H and O–H groups in total. The van der Waals surface area contributed by atoms with Crippen molar-refractivity contribution in [2.24, 2.45) is 0 Å². The lowest BCUT2D eigenvalue weighted by atomic mass is 9.66. The predicted molar refractivity (Wildman–Crippen MR) is 119 cm³/mol. The minimum atomic E-state index is -3.69. The van der Waals surface area contributed by atoms with Gasteiger partial charge in [0, 0.05) is 5.41 Å². The van der Waals surface area contributed by atoms with Crippen molar-refractivity contribution < 1.29 is 8.42 Å². The van der Waals surface area contributed by atoms with Crippen molar-refractivity contribution in [2.45, 2.75) is 50.0 Å². The van der Waals surface area contributed by atoms with E-state index in [9.17, 15) is 8.42 Å². The summed E-state index contributed by atoms with van der Waals surface area (Å²) >= 11 is 0. The highest BCUT2D eigenvalue weighted by molar-refractivity contribution is 7.93. The predicted octanol–water partition coefficient (Wildman–Crippen LogP) is 5.68. The lowest BCUT2D eigenvalue weighted by Gasteiger charge is -2.51. The maximum absolute atomic E-state index is 13.7. The zero-order chi connectivity index (χ0) is 20.9. The zero-order valence-corrected chi connectivity index (χ0v) is 18.2. The topological polar surface area (TPSA) is 37.4 Å². The third-order valence-corrected chi connectivity index (χ3v) is 8.06. The standard InChI is InChI=1S/C25H27NO2S/c1-19-14-16-20(17-15-19)25(4)18-24(2,3)26(23-13-9-8-12-22(23)25)29(27,28)21-10-6-5-7-11-21/h5-17H,18H2,1-4H3/t25-/m1/s1. The van der Waals surface area contributed by atoms with E-state index in [2.05, 4.69) is 44.2 Å². The summed E-state index contributed by atoms with van der Waals surface area (Å²) in [5, 5.41) is 0. The van der Waals surface area contributed by atoms with Crippen LogP contribution in [0.25, 0.3) is 0 Å². The van der Waals surface area contributed by atoms with Crippen LogP contribution in [0.5, 0.6) is 0 Å². The van der Waals surface area contributed by atoms with Gasteiger partial charge in [-0.3, -0.25) is 4.31 Å². The fraction of sp³-hybridized carbons (Fsp3) is 0.280. The van der Waals surface area contributed by atoms with Gasteiger partial charge in [0.15, 0.2) is 0 Å². The monoisotopic (exact) mass is 405 g/mol. The zero-order valence-electron chi connectivity index (χ0n) is 17.4. The van der Waals surface area contributed by atoms with Crippen molar-refractivity contribution in [2.75, 3.05) is 4.31 Å². The third-order valence-electron chi connectivity index (χ3n) is 6.02. The Morgan fingerprint density at radius 3 is 2.03 bits per heavy atom. The molecule has 0 saturated heterocycles. The Kier molecular flexibility index (Phi) is 4.58. The fourth-order valence-electron chi connectivity index (χ4n) is 4.81. The second-order valence-corrected chi connectivity index (χ2v) is 10.6. The summed E-state index contributed by atoms with van der Waals surface area (Å²) in [5.74, 6) is 0. The molecule has 3 aromatic carbocycles. The van der Waals surface area contributed by atoms with E-state index in [1.165, 1.54) is 11.1 Å². The van der Waals surface area contributed by atoms with Crippen LogP contribution in [0.15, 0.2) is 83.8 Å². The number of rotatable bonds is 3. The summed E-state index contributed by atoms with van der Waals surface area (Å²) in [5.41, 5.74) is 3.35. The second kappa shape index (κ2) is 6.74. The number of nitrogens with zero attached hydrogens (tertiary/aromatic N) is 1. The maximum atomic E-state index is 13.7. The van der Waals surface area contributed by atoms with Crippen LogP contribution in [-0.4, -0.2) is 14.0 Å². The molecule has 1 aliphatic heterocycles. The number of benzene rings is 3. The van der Waals surface area contributed by atoms with Gasteiger partial charge in [0.1, 0.15) is 0 Å². The molecule has 0 aromatic heterocycles. The Morgan fingerprint density at radius 2 is 1.38 bits per heavy atom. The highest BCUT2D eigenvalue weighted by atomic mass is 32.2. The molecule has 1 aliphatic rings. The van der Waals surface area contributed by atoms with E-state index in [1.807, 2.05) is 38.1 Å². The van der Waals surface area contributed by atoms with Crippen molar-refractivity contribution in [3.8, 4) is 0 Å². The van der Waals surface area contributed by atoms with Crippen molar-refractivity contribution in [1.29, 1.82) is 0 Å². The molecule has 0 fully saturated rings. The van der Waals surface area contributed by atoms with Crippen molar-refractivity contribution in [3.63, 3.8) is 0 Å². The first kappa shape index (κ1) is 19.7. The largest absolute Gasteiger partial charge is 0.264 e. The molecule has 0 aliphatic carbocycles. The van der Waals surface area contributed by atoms with Crippen LogP contribution in [0.1, 0.15) is 43.9 Å². The van der Waals surface area contributed by atoms with Gasteiger partial charge in [-0.15, -0.1) is 0 Å². The number of aryl methyl sites for hydroxylation is 1. The molecular weight excluding hydrogens is 378 g/mol. The number of sulfonamides is 1. The van der Waals surface area contributed by atoms with E-state index >= 15 is 0 Å². The summed E-state index contributed by atoms with van der Waals surface area (Å²) in [6.45, 7) is 8.36. The van der Waals surface area contributed by atoms with E-state index in [1.54, 1.807) is 28.6 Å². The minimum Gasteiger partial charge on any atom is -0.260 e. The summed E-state index contributed by atoms with van der Waals surface area (Å²) in [6, 6.07) is 25.2. The fourth-order valence-corrected chi connectivity index (χ4v) is 6.65. The van der Waals surface area contributed by atoms with Gasteiger partial charge in [-0.1, -0.05) is 73.2 Å². The molecular formula is C25H27NO2S. The number of para-hydroxylation sites is 1.